The topological polar surface area (TPSA) is 49.4 Å². The molecule has 0 amide bonds. The Morgan fingerprint density at radius 2 is 1.34 bits per heavy atom. The number of methoxy groups -OCH3 is 1. The van der Waals surface area contributed by atoms with Crippen LogP contribution in [0, 0.1) is 5.92 Å². The SMILES string of the molecule is C.C.CC1(C)C2=C3C=C4C=C5C6=[N+](CC[C@H]5O[C@H]4C[C@H]3CCN2c2ccccc21)c1ccccc1C6(C)C.COC(C)/C=C/CCN1/C(=C/C=C/C=C/C2=[N+](CCC3OCCO3)c3ccccc3C2(C)C)C(C)(C)c2ccccc21.[Cl-].[I-]. The number of hydrogen-bond donors (Lipinski definition) is 0. The molecule has 1 aliphatic carbocycles. The highest BCUT2D eigenvalue weighted by atomic mass is 127. The predicted molar refractivity (Wildman–Crippen MR) is 332 cm³/mol. The maximum Gasteiger partial charge on any atom is 0.209 e. The van der Waals surface area contributed by atoms with Crippen LogP contribution in [-0.2, 0) is 40.6 Å². The van der Waals surface area contributed by atoms with Gasteiger partial charge >= 0.3 is 0 Å². The molecule has 13 rings (SSSR count). The molecule has 0 N–H and O–H groups in total. The Hall–Kier alpha value is -5.14. The number of benzene rings is 4. The minimum atomic E-state index is -0.113. The van der Waals surface area contributed by atoms with Crippen molar-refractivity contribution >= 4 is 34.2 Å². The molecule has 82 heavy (non-hydrogen) atoms. The smallest absolute Gasteiger partial charge is 0.209 e. The number of ether oxygens (including phenoxy) is 4. The average Bonchev–Trinajstić information content (AvgIpc) is 4.39. The van der Waals surface area contributed by atoms with Crippen LogP contribution in [0.1, 0.15) is 132 Å². The first-order valence-electron chi connectivity index (χ1n) is 29.2. The van der Waals surface area contributed by atoms with Gasteiger partial charge in [0.2, 0.25) is 11.4 Å². The van der Waals surface area contributed by atoms with Gasteiger partial charge in [-0.1, -0.05) is 152 Å². The van der Waals surface area contributed by atoms with Crippen LogP contribution in [0.5, 0.6) is 0 Å². The van der Waals surface area contributed by atoms with E-state index in [0.717, 1.165) is 51.9 Å². The summed E-state index contributed by atoms with van der Waals surface area (Å²) < 4.78 is 28.8. The van der Waals surface area contributed by atoms with Gasteiger partial charge in [-0.3, -0.25) is 0 Å². The molecule has 4 aromatic rings. The standard InChI is InChI=1S/C37H47N2O3.C33H35N2O.2CH4.ClH.HI/c1-28(40-6)16-14-15-24-38-31-19-12-10-17-29(31)36(2,3)33(38)21-8-7-9-22-34-37(4,5)30-18-11-13-20-32(30)39(34)25-23-35-41-26-27-42-35;1-32(2)24-9-5-7-11-26(24)34-15-13-20-19-29-21(17-22(20)30(32)34)18-23-28(36-29)14-16-35-27-12-8-6-10-25(27)33(3,4)31(23)35;;;;/h7-14,16-22,28,35H,15,23-27H2,1-6H3;5-12,17-18,20,28-29H,13-16,19H2,1-4H3;2*1H4;2*1H/q2*+1;;;;/p-2/b16-14+;;;;;/t;20-,28-,29+;;;;/m.1..../s1. The van der Waals surface area contributed by atoms with E-state index in [9.17, 15) is 0 Å². The van der Waals surface area contributed by atoms with Gasteiger partial charge in [-0.2, -0.15) is 9.15 Å². The summed E-state index contributed by atoms with van der Waals surface area (Å²) in [7, 11) is 1.75. The van der Waals surface area contributed by atoms with Crippen LogP contribution in [-0.4, -0.2) is 91.7 Å². The number of allylic oxidation sites excluding steroid dienone is 9. The first kappa shape index (κ1) is 62.9. The molecule has 4 aromatic carbocycles. The van der Waals surface area contributed by atoms with Gasteiger partial charge in [0.15, 0.2) is 30.8 Å². The van der Waals surface area contributed by atoms with Gasteiger partial charge in [0, 0.05) is 95.1 Å². The molecular formula is C72H90ClIN4O4. The van der Waals surface area contributed by atoms with Gasteiger partial charge < -0.3 is 65.1 Å². The van der Waals surface area contributed by atoms with E-state index in [1.807, 2.05) is 0 Å². The molecule has 8 nitrogen and oxygen atoms in total. The van der Waals surface area contributed by atoms with Gasteiger partial charge in [0.25, 0.3) is 0 Å². The lowest BCUT2D eigenvalue weighted by molar-refractivity contribution is -0.445. The molecule has 10 heteroatoms. The van der Waals surface area contributed by atoms with Gasteiger partial charge in [-0.25, -0.2) is 0 Å². The van der Waals surface area contributed by atoms with Crippen molar-refractivity contribution in [3.63, 3.8) is 0 Å². The summed E-state index contributed by atoms with van der Waals surface area (Å²) in [6.45, 7) is 26.3. The largest absolute Gasteiger partial charge is 1.00 e. The molecule has 0 aromatic heterocycles. The summed E-state index contributed by atoms with van der Waals surface area (Å²) in [5.41, 5.74) is 20.8. The number of hydrogen-bond acceptors (Lipinski definition) is 6. The quantitative estimate of drug-likeness (QED) is 0.0647. The van der Waals surface area contributed by atoms with Crippen molar-refractivity contribution in [1.29, 1.82) is 0 Å². The minimum absolute atomic E-state index is 0. The van der Waals surface area contributed by atoms with Crippen LogP contribution < -0.4 is 46.2 Å². The number of fused-ring (bicyclic) bond motifs is 11. The second-order valence-corrected chi connectivity index (χ2v) is 25.0. The Balaban J connectivity index is 0.000000206. The van der Waals surface area contributed by atoms with E-state index >= 15 is 0 Å². The lowest BCUT2D eigenvalue weighted by atomic mass is 9.71. The summed E-state index contributed by atoms with van der Waals surface area (Å²) in [4.78, 5) is 5.09. The molecule has 8 aliphatic heterocycles. The highest BCUT2D eigenvalue weighted by Gasteiger charge is 2.54. The van der Waals surface area contributed by atoms with Crippen molar-refractivity contribution < 1.29 is 64.5 Å². The molecule has 0 bridgehead atoms. The third kappa shape index (κ3) is 10.9. The van der Waals surface area contributed by atoms with Crippen LogP contribution in [0.25, 0.3) is 0 Å². The molecule has 436 valence electrons. The number of rotatable bonds is 11. The van der Waals surface area contributed by atoms with Crippen LogP contribution >= 0.6 is 0 Å². The zero-order valence-corrected chi connectivity index (χ0v) is 51.7. The number of anilines is 2. The van der Waals surface area contributed by atoms with Crippen molar-refractivity contribution in [3.8, 4) is 0 Å². The van der Waals surface area contributed by atoms with Crippen molar-refractivity contribution in [3.05, 3.63) is 202 Å². The highest BCUT2D eigenvalue weighted by molar-refractivity contribution is 6.08. The van der Waals surface area contributed by atoms with Crippen LogP contribution in [0.4, 0.5) is 22.7 Å². The first-order chi connectivity index (χ1) is 37.6. The normalized spacial score (nSPS) is 24.3. The Labute approximate surface area is 515 Å². The van der Waals surface area contributed by atoms with Gasteiger partial charge in [-0.05, 0) is 106 Å². The second kappa shape index (κ2) is 24.8. The van der Waals surface area contributed by atoms with E-state index in [4.69, 9.17) is 18.9 Å². The molecule has 1 fully saturated rings. The summed E-state index contributed by atoms with van der Waals surface area (Å²) >= 11 is 0. The van der Waals surface area contributed by atoms with Crippen LogP contribution in [0.2, 0.25) is 0 Å². The molecule has 0 saturated carbocycles. The maximum absolute atomic E-state index is 6.95. The van der Waals surface area contributed by atoms with Gasteiger partial charge in [-0.15, -0.1) is 0 Å². The third-order valence-corrected chi connectivity index (χ3v) is 18.9. The van der Waals surface area contributed by atoms with E-state index < -0.39 is 0 Å². The lowest BCUT2D eigenvalue weighted by Crippen LogP contribution is -3.00. The zero-order chi connectivity index (χ0) is 54.1. The minimum Gasteiger partial charge on any atom is -1.00 e. The molecule has 4 atom stereocenters. The van der Waals surface area contributed by atoms with Gasteiger partial charge in [0.05, 0.1) is 48.8 Å². The van der Waals surface area contributed by atoms with E-state index in [0.29, 0.717) is 19.1 Å². The Morgan fingerprint density at radius 3 is 2.05 bits per heavy atom. The molecule has 0 radical (unpaired) electrons. The summed E-state index contributed by atoms with van der Waals surface area (Å²) in [5, 5.41) is 0. The molecule has 1 unspecified atom stereocenters. The monoisotopic (exact) mass is 1240 g/mol. The number of halogens is 2. The fraction of sp³-hybridized carbons (Fsp3) is 0.444. The predicted octanol–water partition coefficient (Wildman–Crippen LogP) is 9.44. The van der Waals surface area contributed by atoms with Gasteiger partial charge in [0.1, 0.15) is 0 Å². The Bertz CT molecular complexity index is 3330. The van der Waals surface area contributed by atoms with Crippen molar-refractivity contribution in [2.45, 2.75) is 156 Å². The van der Waals surface area contributed by atoms with Crippen molar-refractivity contribution in [1.82, 2.24) is 0 Å². The summed E-state index contributed by atoms with van der Waals surface area (Å²) in [6.07, 6.45) is 26.2. The highest BCUT2D eigenvalue weighted by Crippen LogP contribution is 2.55. The van der Waals surface area contributed by atoms with E-state index in [-0.39, 0.29) is 97.5 Å². The van der Waals surface area contributed by atoms with E-state index in [1.165, 1.54) is 85.4 Å². The molecule has 8 heterocycles. The molecule has 0 spiro atoms. The second-order valence-electron chi connectivity index (χ2n) is 25.0. The van der Waals surface area contributed by atoms with Crippen LogP contribution in [0.3, 0.4) is 0 Å². The fourth-order valence-electron chi connectivity index (χ4n) is 14.9. The number of para-hydroxylation sites is 4. The van der Waals surface area contributed by atoms with E-state index in [2.05, 4.69) is 233 Å². The average molecular weight is 1240 g/mol. The van der Waals surface area contributed by atoms with Crippen molar-refractivity contribution in [2.24, 2.45) is 5.92 Å². The lowest BCUT2D eigenvalue weighted by Gasteiger charge is -2.44. The zero-order valence-electron chi connectivity index (χ0n) is 48.8. The molecular weight excluding hydrogens is 1150 g/mol. The van der Waals surface area contributed by atoms with Crippen LogP contribution in [0.15, 0.2) is 180 Å². The first-order valence-corrected chi connectivity index (χ1v) is 29.2. The summed E-state index contributed by atoms with van der Waals surface area (Å²) in [5.74, 6) is 0.591. The molecule has 1 saturated heterocycles. The number of nitrogens with zero attached hydrogens (tertiary/aromatic N) is 4. The fourth-order valence-corrected chi connectivity index (χ4v) is 14.9. The molecule has 9 aliphatic rings. The maximum atomic E-state index is 6.95. The summed E-state index contributed by atoms with van der Waals surface area (Å²) in [6, 6.07) is 35.6. The van der Waals surface area contributed by atoms with Crippen molar-refractivity contribution in [2.75, 3.05) is 56.3 Å². The van der Waals surface area contributed by atoms with E-state index in [1.54, 1.807) is 12.7 Å². The Kier molecular flexibility index (Phi) is 19.0. The Morgan fingerprint density at radius 1 is 0.707 bits per heavy atom. The third-order valence-electron chi connectivity index (χ3n) is 18.9.